The fourth-order valence-electron chi connectivity index (χ4n) is 4.34. The second kappa shape index (κ2) is 7.61. The van der Waals surface area contributed by atoms with Crippen LogP contribution in [0.2, 0.25) is 5.02 Å². The first-order valence-corrected chi connectivity index (χ1v) is 10.2. The van der Waals surface area contributed by atoms with Gasteiger partial charge in [-0.15, -0.1) is 0 Å². The molecule has 0 radical (unpaired) electrons. The van der Waals surface area contributed by atoms with Crippen molar-refractivity contribution >= 4 is 28.2 Å². The molecule has 0 bridgehead atoms. The molecule has 0 unspecified atom stereocenters. The molecule has 1 aromatic carbocycles. The van der Waals surface area contributed by atoms with Gasteiger partial charge in [-0.05, 0) is 56.3 Å². The van der Waals surface area contributed by atoms with Crippen LogP contribution in [0.5, 0.6) is 5.75 Å². The summed E-state index contributed by atoms with van der Waals surface area (Å²) in [5.74, 6) is 0.938. The number of nitrogens with one attached hydrogen (secondary N) is 1. The van der Waals surface area contributed by atoms with Crippen molar-refractivity contribution in [1.29, 1.82) is 0 Å². The Morgan fingerprint density at radius 3 is 2.65 bits per heavy atom. The predicted octanol–water partition coefficient (Wildman–Crippen LogP) is 4.35. The van der Waals surface area contributed by atoms with Crippen LogP contribution in [0.15, 0.2) is 12.1 Å². The molecule has 1 aliphatic carbocycles. The zero-order chi connectivity index (χ0) is 18.1. The Hall–Kier alpha value is -1.52. The van der Waals surface area contributed by atoms with Crippen LogP contribution in [0.3, 0.4) is 0 Å². The lowest BCUT2D eigenvalue weighted by Crippen LogP contribution is -2.21. The maximum absolute atomic E-state index is 6.58. The standard InChI is InChI=1S/C21H28ClN3O/c1-25(2)21-15-10-12-23-13-11-17(15)24-20-16(22)8-9-18(19(20)21)26-14-6-4-3-5-7-14/h8-9,14,23H,3-7,10-13H2,1-2H3. The first kappa shape index (κ1) is 17.9. The van der Waals surface area contributed by atoms with Crippen LogP contribution < -0.4 is 15.0 Å². The molecule has 1 N–H and O–H groups in total. The average Bonchev–Trinajstić information content (AvgIpc) is 2.88. The number of pyridine rings is 1. The Kier molecular flexibility index (Phi) is 5.23. The van der Waals surface area contributed by atoms with E-state index in [0.717, 1.165) is 55.4 Å². The first-order chi connectivity index (χ1) is 12.6. The zero-order valence-corrected chi connectivity index (χ0v) is 16.5. The van der Waals surface area contributed by atoms with E-state index in [9.17, 15) is 0 Å². The zero-order valence-electron chi connectivity index (χ0n) is 15.8. The number of benzene rings is 1. The van der Waals surface area contributed by atoms with E-state index < -0.39 is 0 Å². The number of ether oxygens (including phenoxy) is 1. The molecule has 1 aromatic heterocycles. The molecule has 4 rings (SSSR count). The van der Waals surface area contributed by atoms with Gasteiger partial charge in [0.2, 0.25) is 0 Å². The smallest absolute Gasteiger partial charge is 0.131 e. The SMILES string of the molecule is CN(C)c1c2c(nc3c(Cl)ccc(OC4CCCCC4)c13)CCNCC2. The maximum atomic E-state index is 6.58. The van der Waals surface area contributed by atoms with Gasteiger partial charge in [0.15, 0.2) is 0 Å². The third kappa shape index (κ3) is 3.37. The quantitative estimate of drug-likeness (QED) is 0.867. The molecule has 2 heterocycles. The molecule has 2 aromatic rings. The van der Waals surface area contributed by atoms with Crippen molar-refractivity contribution in [3.63, 3.8) is 0 Å². The van der Waals surface area contributed by atoms with E-state index in [4.69, 9.17) is 21.3 Å². The van der Waals surface area contributed by atoms with E-state index in [1.54, 1.807) is 0 Å². The minimum atomic E-state index is 0.309. The van der Waals surface area contributed by atoms with Gasteiger partial charge in [-0.25, -0.2) is 0 Å². The summed E-state index contributed by atoms with van der Waals surface area (Å²) in [6, 6.07) is 3.98. The lowest BCUT2D eigenvalue weighted by Gasteiger charge is -2.27. The maximum Gasteiger partial charge on any atom is 0.131 e. The summed E-state index contributed by atoms with van der Waals surface area (Å²) in [5, 5.41) is 5.27. The largest absolute Gasteiger partial charge is 0.490 e. The van der Waals surface area contributed by atoms with Crippen LogP contribution in [0.25, 0.3) is 10.9 Å². The Bertz CT molecular complexity index is 800. The minimum Gasteiger partial charge on any atom is -0.490 e. The number of aromatic nitrogens is 1. The third-order valence-electron chi connectivity index (χ3n) is 5.59. The van der Waals surface area contributed by atoms with E-state index in [0.29, 0.717) is 11.1 Å². The average molecular weight is 374 g/mol. The molecular weight excluding hydrogens is 346 g/mol. The normalized spacial score (nSPS) is 18.4. The van der Waals surface area contributed by atoms with Crippen molar-refractivity contribution in [2.45, 2.75) is 51.0 Å². The fraction of sp³-hybridized carbons (Fsp3) is 0.571. The van der Waals surface area contributed by atoms with Gasteiger partial charge < -0.3 is 15.0 Å². The predicted molar refractivity (Wildman–Crippen MR) is 109 cm³/mol. The molecule has 0 spiro atoms. The summed E-state index contributed by atoms with van der Waals surface area (Å²) in [6.45, 7) is 1.95. The number of halogens is 1. The van der Waals surface area contributed by atoms with E-state index in [1.807, 2.05) is 12.1 Å². The van der Waals surface area contributed by atoms with Crippen LogP contribution in [0.4, 0.5) is 5.69 Å². The fourth-order valence-corrected chi connectivity index (χ4v) is 4.54. The summed E-state index contributed by atoms with van der Waals surface area (Å²) in [5.41, 5.74) is 4.61. The van der Waals surface area contributed by atoms with Gasteiger partial charge in [-0.2, -0.15) is 0 Å². The van der Waals surface area contributed by atoms with Gasteiger partial charge in [0.1, 0.15) is 5.75 Å². The van der Waals surface area contributed by atoms with E-state index in [-0.39, 0.29) is 0 Å². The minimum absolute atomic E-state index is 0.309. The van der Waals surface area contributed by atoms with Crippen molar-refractivity contribution in [1.82, 2.24) is 10.3 Å². The highest BCUT2D eigenvalue weighted by Crippen LogP contribution is 2.41. The topological polar surface area (TPSA) is 37.4 Å². The van der Waals surface area contributed by atoms with Gasteiger partial charge in [0.05, 0.1) is 27.7 Å². The van der Waals surface area contributed by atoms with Gasteiger partial charge in [-0.3, -0.25) is 4.98 Å². The van der Waals surface area contributed by atoms with Crippen molar-refractivity contribution in [2.24, 2.45) is 0 Å². The van der Waals surface area contributed by atoms with E-state index in [1.165, 1.54) is 36.2 Å². The summed E-state index contributed by atoms with van der Waals surface area (Å²) in [4.78, 5) is 7.20. The summed E-state index contributed by atoms with van der Waals surface area (Å²) >= 11 is 6.58. The van der Waals surface area contributed by atoms with Crippen LogP contribution in [0, 0.1) is 0 Å². The molecule has 4 nitrogen and oxygen atoms in total. The highest BCUT2D eigenvalue weighted by Gasteiger charge is 2.24. The molecule has 0 amide bonds. The second-order valence-corrected chi connectivity index (χ2v) is 8.08. The molecule has 1 fully saturated rings. The van der Waals surface area contributed by atoms with E-state index >= 15 is 0 Å². The van der Waals surface area contributed by atoms with Gasteiger partial charge in [0, 0.05) is 32.8 Å². The molecule has 0 saturated heterocycles. The highest BCUT2D eigenvalue weighted by molar-refractivity contribution is 6.35. The summed E-state index contributed by atoms with van der Waals surface area (Å²) in [7, 11) is 4.22. The van der Waals surface area contributed by atoms with Gasteiger partial charge in [0.25, 0.3) is 0 Å². The second-order valence-electron chi connectivity index (χ2n) is 7.68. The molecule has 0 atom stereocenters. The number of anilines is 1. The number of fused-ring (bicyclic) bond motifs is 2. The van der Waals surface area contributed by atoms with Crippen molar-refractivity contribution in [3.05, 3.63) is 28.4 Å². The van der Waals surface area contributed by atoms with E-state index in [2.05, 4.69) is 24.3 Å². The van der Waals surface area contributed by atoms with Crippen molar-refractivity contribution in [2.75, 3.05) is 32.1 Å². The number of nitrogens with zero attached hydrogens (tertiary/aromatic N) is 2. The molecule has 1 saturated carbocycles. The molecule has 5 heteroatoms. The van der Waals surface area contributed by atoms with Crippen molar-refractivity contribution in [3.8, 4) is 5.75 Å². The molecule has 2 aliphatic rings. The van der Waals surface area contributed by atoms with Crippen LogP contribution in [-0.2, 0) is 12.8 Å². The molecule has 1 aliphatic heterocycles. The highest BCUT2D eigenvalue weighted by atomic mass is 35.5. The lowest BCUT2D eigenvalue weighted by molar-refractivity contribution is 0.157. The summed E-state index contributed by atoms with van der Waals surface area (Å²) in [6.07, 6.45) is 8.37. The Morgan fingerprint density at radius 2 is 1.88 bits per heavy atom. The number of rotatable bonds is 3. The lowest BCUT2D eigenvalue weighted by atomic mass is 9.97. The Labute approximate surface area is 160 Å². The first-order valence-electron chi connectivity index (χ1n) is 9.84. The number of hydrogen-bond donors (Lipinski definition) is 1. The number of hydrogen-bond acceptors (Lipinski definition) is 4. The van der Waals surface area contributed by atoms with Crippen LogP contribution in [-0.4, -0.2) is 38.3 Å². The van der Waals surface area contributed by atoms with Crippen LogP contribution in [0.1, 0.15) is 43.4 Å². The Balaban J connectivity index is 1.89. The molecule has 140 valence electrons. The third-order valence-corrected chi connectivity index (χ3v) is 5.90. The Morgan fingerprint density at radius 1 is 1.12 bits per heavy atom. The van der Waals surface area contributed by atoms with Gasteiger partial charge >= 0.3 is 0 Å². The van der Waals surface area contributed by atoms with Crippen molar-refractivity contribution < 1.29 is 4.74 Å². The van der Waals surface area contributed by atoms with Crippen LogP contribution >= 0.6 is 11.6 Å². The monoisotopic (exact) mass is 373 g/mol. The van der Waals surface area contributed by atoms with Gasteiger partial charge in [-0.1, -0.05) is 18.0 Å². The summed E-state index contributed by atoms with van der Waals surface area (Å²) < 4.78 is 6.50. The molecular formula is C21H28ClN3O. The molecule has 26 heavy (non-hydrogen) atoms.